The molecule has 2 aliphatic rings. The molecule has 0 unspecified atom stereocenters. The summed E-state index contributed by atoms with van der Waals surface area (Å²) in [6.45, 7) is 5.81. The Bertz CT molecular complexity index is 1100. The minimum atomic E-state index is -0.656. The predicted octanol–water partition coefficient (Wildman–Crippen LogP) is 3.88. The largest absolute Gasteiger partial charge is 0.492 e. The van der Waals surface area contributed by atoms with E-state index in [-0.39, 0.29) is 23.6 Å². The zero-order valence-electron chi connectivity index (χ0n) is 19.9. The third kappa shape index (κ3) is 4.45. The topological polar surface area (TPSA) is 72.8 Å². The number of carbonyl (C=O) groups excluding carboxylic acids is 1. The molecule has 1 aliphatic carbocycles. The van der Waals surface area contributed by atoms with Gasteiger partial charge in [0.2, 0.25) is 5.43 Å². The van der Waals surface area contributed by atoms with E-state index in [2.05, 4.69) is 12.2 Å². The highest BCUT2D eigenvalue weighted by atomic mass is 19.1. The first kappa shape index (κ1) is 23.5. The molecule has 33 heavy (non-hydrogen) atoms. The average Bonchev–Trinajstić information content (AvgIpc) is 3.54. The molecule has 0 bridgehead atoms. The third-order valence-corrected chi connectivity index (χ3v) is 7.00. The van der Waals surface area contributed by atoms with E-state index >= 15 is 4.39 Å². The Morgan fingerprint density at radius 3 is 2.73 bits per heavy atom. The Balaban J connectivity index is 1.83. The van der Waals surface area contributed by atoms with Crippen LogP contribution in [0.4, 0.5) is 10.1 Å². The second-order valence-electron chi connectivity index (χ2n) is 9.21. The van der Waals surface area contributed by atoms with Gasteiger partial charge in [-0.15, -0.1) is 0 Å². The number of aromatic nitrogens is 1. The van der Waals surface area contributed by atoms with E-state index in [0.717, 1.165) is 32.1 Å². The average molecular weight is 460 g/mol. The first-order valence-electron chi connectivity index (χ1n) is 12.0. The standard InChI is InChI=1S/C25H34FN3O4/c1-5-6-11-33-25(31)19-14-29(17-7-8-17)21-18(23(19)30)12-20(26)22(24(21)32-4)28-10-9-16(13-28)15(2)27-3/h12,14-17,27H,5-11,13H2,1-4H3/t15-,16+/m0/s1. The SMILES string of the molecule is CCCCOC(=O)c1cn(C2CC2)c2c(OC)c(N3CC[C@@H]([C@H](C)NC)C3)c(F)cc2c1=O. The smallest absolute Gasteiger partial charge is 0.343 e. The molecule has 4 rings (SSSR count). The highest BCUT2D eigenvalue weighted by Crippen LogP contribution is 2.44. The molecule has 1 aromatic carbocycles. The van der Waals surface area contributed by atoms with Gasteiger partial charge >= 0.3 is 5.97 Å². The van der Waals surface area contributed by atoms with E-state index in [0.29, 0.717) is 42.0 Å². The first-order valence-corrected chi connectivity index (χ1v) is 12.0. The summed E-state index contributed by atoms with van der Waals surface area (Å²) >= 11 is 0. The van der Waals surface area contributed by atoms with Gasteiger partial charge in [-0.2, -0.15) is 0 Å². The summed E-state index contributed by atoms with van der Waals surface area (Å²) in [5, 5.41) is 3.44. The molecule has 7 nitrogen and oxygen atoms in total. The van der Waals surface area contributed by atoms with E-state index in [9.17, 15) is 9.59 Å². The van der Waals surface area contributed by atoms with Crippen molar-refractivity contribution in [1.82, 2.24) is 9.88 Å². The monoisotopic (exact) mass is 459 g/mol. The summed E-state index contributed by atoms with van der Waals surface area (Å²) in [5.74, 6) is -0.414. The zero-order chi connectivity index (χ0) is 23.7. The van der Waals surface area contributed by atoms with E-state index < -0.39 is 17.2 Å². The van der Waals surface area contributed by atoms with Crippen molar-refractivity contribution >= 4 is 22.6 Å². The fraction of sp³-hybridized carbons (Fsp3) is 0.600. The Morgan fingerprint density at radius 2 is 2.09 bits per heavy atom. The molecule has 1 aliphatic heterocycles. The van der Waals surface area contributed by atoms with Gasteiger partial charge in [-0.3, -0.25) is 4.79 Å². The van der Waals surface area contributed by atoms with Crippen LogP contribution in [0, 0.1) is 11.7 Å². The molecule has 0 spiro atoms. The van der Waals surface area contributed by atoms with Crippen LogP contribution in [0.1, 0.15) is 62.4 Å². The lowest BCUT2D eigenvalue weighted by molar-refractivity contribution is 0.0497. The number of nitrogens with zero attached hydrogens (tertiary/aromatic N) is 2. The van der Waals surface area contributed by atoms with Crippen molar-refractivity contribution in [2.75, 3.05) is 38.8 Å². The lowest BCUT2D eigenvalue weighted by atomic mass is 10.0. The van der Waals surface area contributed by atoms with Crippen molar-refractivity contribution in [2.24, 2.45) is 5.92 Å². The molecule has 1 aromatic heterocycles. The molecule has 180 valence electrons. The molecule has 1 N–H and O–H groups in total. The van der Waals surface area contributed by atoms with Gasteiger partial charge in [0, 0.05) is 31.4 Å². The number of unbranched alkanes of at least 4 members (excludes halogenated alkanes) is 1. The second-order valence-corrected chi connectivity index (χ2v) is 9.21. The molecule has 8 heteroatoms. The number of esters is 1. The molecule has 2 atom stereocenters. The highest BCUT2D eigenvalue weighted by Gasteiger charge is 2.34. The van der Waals surface area contributed by atoms with Crippen LogP contribution in [-0.2, 0) is 4.74 Å². The van der Waals surface area contributed by atoms with E-state index in [1.807, 2.05) is 23.4 Å². The maximum Gasteiger partial charge on any atom is 0.343 e. The Hall–Kier alpha value is -2.61. The summed E-state index contributed by atoms with van der Waals surface area (Å²) in [7, 11) is 3.44. The number of ether oxygens (including phenoxy) is 2. The number of nitrogens with one attached hydrogen (secondary N) is 1. The zero-order valence-corrected chi connectivity index (χ0v) is 19.9. The van der Waals surface area contributed by atoms with Crippen molar-refractivity contribution in [3.05, 3.63) is 33.9 Å². The Kier molecular flexibility index (Phi) is 6.93. The molecular formula is C25H34FN3O4. The maximum atomic E-state index is 15.5. The van der Waals surface area contributed by atoms with Gasteiger partial charge in [0.1, 0.15) is 11.3 Å². The van der Waals surface area contributed by atoms with Crippen molar-refractivity contribution < 1.29 is 18.7 Å². The summed E-state index contributed by atoms with van der Waals surface area (Å²) in [4.78, 5) is 27.9. The van der Waals surface area contributed by atoms with Crippen LogP contribution in [0.25, 0.3) is 10.9 Å². The van der Waals surface area contributed by atoms with Crippen LogP contribution in [0.15, 0.2) is 17.1 Å². The molecule has 0 amide bonds. The number of hydrogen-bond acceptors (Lipinski definition) is 6. The van der Waals surface area contributed by atoms with Crippen molar-refractivity contribution in [1.29, 1.82) is 0 Å². The number of pyridine rings is 1. The fourth-order valence-corrected chi connectivity index (χ4v) is 4.74. The van der Waals surface area contributed by atoms with Gasteiger partial charge in [-0.05, 0) is 51.6 Å². The number of anilines is 1. The molecular weight excluding hydrogens is 425 g/mol. The number of hydrogen-bond donors (Lipinski definition) is 1. The normalized spacial score (nSPS) is 19.2. The van der Waals surface area contributed by atoms with E-state index in [1.165, 1.54) is 13.2 Å². The van der Waals surface area contributed by atoms with Crippen LogP contribution in [-0.4, -0.2) is 50.4 Å². The number of carbonyl (C=O) groups is 1. The maximum absolute atomic E-state index is 15.5. The van der Waals surface area contributed by atoms with Crippen molar-refractivity contribution in [3.8, 4) is 5.75 Å². The third-order valence-electron chi connectivity index (χ3n) is 7.00. The summed E-state index contributed by atoms with van der Waals surface area (Å²) < 4.78 is 28.5. The summed E-state index contributed by atoms with van der Waals surface area (Å²) in [6.07, 6.45) is 6.00. The summed E-state index contributed by atoms with van der Waals surface area (Å²) in [5.41, 5.74) is 0.374. The van der Waals surface area contributed by atoms with E-state index in [4.69, 9.17) is 9.47 Å². The van der Waals surface area contributed by atoms with Gasteiger partial charge in [0.15, 0.2) is 11.6 Å². The number of benzene rings is 1. The van der Waals surface area contributed by atoms with Gasteiger partial charge in [-0.1, -0.05) is 13.3 Å². The molecule has 2 aromatic rings. The molecule has 0 radical (unpaired) electrons. The number of rotatable bonds is 9. The minimum absolute atomic E-state index is 0.0520. The number of halogens is 1. The Morgan fingerprint density at radius 1 is 1.33 bits per heavy atom. The quantitative estimate of drug-likeness (QED) is 0.453. The van der Waals surface area contributed by atoms with Gasteiger partial charge in [0.05, 0.1) is 24.6 Å². The van der Waals surface area contributed by atoms with Crippen molar-refractivity contribution in [3.63, 3.8) is 0 Å². The second kappa shape index (κ2) is 9.71. The number of methoxy groups -OCH3 is 1. The van der Waals surface area contributed by atoms with Crippen molar-refractivity contribution in [2.45, 2.75) is 58.0 Å². The van der Waals surface area contributed by atoms with Crippen LogP contribution in [0.2, 0.25) is 0 Å². The fourth-order valence-electron chi connectivity index (χ4n) is 4.74. The van der Waals surface area contributed by atoms with Crippen LogP contribution >= 0.6 is 0 Å². The first-order chi connectivity index (χ1) is 15.9. The summed E-state index contributed by atoms with van der Waals surface area (Å²) in [6, 6.07) is 1.74. The van der Waals surface area contributed by atoms with Gasteiger partial charge < -0.3 is 24.3 Å². The Labute approximate surface area is 193 Å². The molecule has 2 fully saturated rings. The van der Waals surface area contributed by atoms with Gasteiger partial charge in [-0.25, -0.2) is 9.18 Å². The van der Waals surface area contributed by atoms with Gasteiger partial charge in [0.25, 0.3) is 0 Å². The van der Waals surface area contributed by atoms with Crippen LogP contribution in [0.3, 0.4) is 0 Å². The molecule has 1 saturated carbocycles. The molecule has 1 saturated heterocycles. The highest BCUT2D eigenvalue weighted by molar-refractivity contribution is 5.97. The lowest BCUT2D eigenvalue weighted by Crippen LogP contribution is -2.33. The van der Waals surface area contributed by atoms with Crippen LogP contribution in [0.5, 0.6) is 5.75 Å². The van der Waals surface area contributed by atoms with E-state index in [1.54, 1.807) is 6.20 Å². The lowest BCUT2D eigenvalue weighted by Gasteiger charge is -2.25. The number of fused-ring (bicyclic) bond motifs is 1. The minimum Gasteiger partial charge on any atom is -0.492 e. The van der Waals surface area contributed by atoms with Crippen LogP contribution < -0.4 is 20.4 Å². The molecule has 2 heterocycles. The predicted molar refractivity (Wildman–Crippen MR) is 127 cm³/mol.